The second-order valence-electron chi connectivity index (χ2n) is 7.43. The summed E-state index contributed by atoms with van der Waals surface area (Å²) in [6, 6.07) is 6.04. The van der Waals surface area contributed by atoms with Crippen LogP contribution >= 0.6 is 0 Å². The molecule has 0 saturated carbocycles. The Morgan fingerprint density at radius 2 is 1.79 bits per heavy atom. The molecular weight excluding hydrogens is 350 g/mol. The van der Waals surface area contributed by atoms with Crippen LogP contribution in [0.1, 0.15) is 57.9 Å². The van der Waals surface area contributed by atoms with Gasteiger partial charge < -0.3 is 14.8 Å². The number of benzene rings is 1. The summed E-state index contributed by atoms with van der Waals surface area (Å²) in [5.74, 6) is 2.12. The first-order valence-electron chi connectivity index (χ1n) is 10.3. The van der Waals surface area contributed by atoms with E-state index >= 15 is 0 Å². The van der Waals surface area contributed by atoms with Crippen LogP contribution in [0.4, 0.5) is 0 Å². The van der Waals surface area contributed by atoms with Crippen molar-refractivity contribution in [2.75, 3.05) is 13.3 Å². The summed E-state index contributed by atoms with van der Waals surface area (Å²) in [5.41, 5.74) is 1.15. The molecule has 0 bridgehead atoms. The lowest BCUT2D eigenvalue weighted by molar-refractivity contribution is -0.116. The maximum absolute atomic E-state index is 11.5. The van der Waals surface area contributed by atoms with Crippen molar-refractivity contribution < 1.29 is 14.3 Å². The van der Waals surface area contributed by atoms with Crippen LogP contribution in [0.25, 0.3) is 6.08 Å². The van der Waals surface area contributed by atoms with E-state index in [1.165, 1.54) is 25.7 Å². The first-order valence-corrected chi connectivity index (χ1v) is 10.3. The Morgan fingerprint density at radius 3 is 2.57 bits per heavy atom. The third kappa shape index (κ3) is 8.94. The monoisotopic (exact) mass is 383 g/mol. The molecule has 1 amide bonds. The number of carbonyl (C=O) groups is 1. The van der Waals surface area contributed by atoms with Crippen LogP contribution in [0.5, 0.6) is 11.5 Å². The van der Waals surface area contributed by atoms with Crippen LogP contribution in [0, 0.1) is 5.92 Å². The summed E-state index contributed by atoms with van der Waals surface area (Å²) < 4.78 is 10.7. The minimum Gasteiger partial charge on any atom is -0.454 e. The van der Waals surface area contributed by atoms with Crippen molar-refractivity contribution in [3.05, 3.63) is 54.1 Å². The van der Waals surface area contributed by atoms with Crippen LogP contribution in [-0.2, 0) is 4.79 Å². The fraction of sp³-hybridized carbons (Fsp3) is 0.458. The van der Waals surface area contributed by atoms with E-state index < -0.39 is 0 Å². The molecule has 1 aromatic rings. The van der Waals surface area contributed by atoms with E-state index in [-0.39, 0.29) is 5.91 Å². The maximum atomic E-state index is 11.5. The van der Waals surface area contributed by atoms with Crippen LogP contribution < -0.4 is 14.8 Å². The molecule has 0 aromatic heterocycles. The summed E-state index contributed by atoms with van der Waals surface area (Å²) >= 11 is 0. The second-order valence-corrected chi connectivity index (χ2v) is 7.43. The number of unbranched alkanes of at least 4 members (excludes halogenated alkanes) is 5. The van der Waals surface area contributed by atoms with Gasteiger partial charge in [0, 0.05) is 12.6 Å². The number of fused-ring (bicyclic) bond motifs is 1. The Labute approximate surface area is 169 Å². The van der Waals surface area contributed by atoms with Crippen LogP contribution in [0.2, 0.25) is 0 Å². The minimum atomic E-state index is -0.0212. The molecule has 0 saturated heterocycles. The molecule has 2 rings (SSSR count). The molecule has 1 aromatic carbocycles. The quantitative estimate of drug-likeness (QED) is 0.288. The van der Waals surface area contributed by atoms with Crippen molar-refractivity contribution in [2.24, 2.45) is 5.92 Å². The van der Waals surface area contributed by atoms with Crippen molar-refractivity contribution in [3.63, 3.8) is 0 Å². The molecule has 28 heavy (non-hydrogen) atoms. The molecule has 0 unspecified atom stereocenters. The van der Waals surface area contributed by atoms with E-state index in [2.05, 4.69) is 43.5 Å². The SMILES string of the molecule is CC(C)CNC(=O)/C=C/C=C/CCCCCC/C=C/c1ccc2c(c1)OCO2. The number of nitrogens with one attached hydrogen (secondary N) is 1. The number of allylic oxidation sites excluding steroid dienone is 4. The molecule has 0 spiro atoms. The summed E-state index contributed by atoms with van der Waals surface area (Å²) in [7, 11) is 0. The van der Waals surface area contributed by atoms with Gasteiger partial charge in [-0.25, -0.2) is 0 Å². The summed E-state index contributed by atoms with van der Waals surface area (Å²) in [6.07, 6.45) is 18.9. The zero-order chi connectivity index (χ0) is 20.0. The molecule has 1 N–H and O–H groups in total. The van der Waals surface area contributed by atoms with E-state index in [0.29, 0.717) is 12.7 Å². The smallest absolute Gasteiger partial charge is 0.243 e. The average Bonchev–Trinajstić information content (AvgIpc) is 3.15. The van der Waals surface area contributed by atoms with Crippen molar-refractivity contribution >= 4 is 12.0 Å². The van der Waals surface area contributed by atoms with E-state index in [9.17, 15) is 4.79 Å². The summed E-state index contributed by atoms with van der Waals surface area (Å²) in [5, 5.41) is 2.86. The van der Waals surface area contributed by atoms with Gasteiger partial charge >= 0.3 is 0 Å². The third-order valence-electron chi connectivity index (χ3n) is 4.38. The van der Waals surface area contributed by atoms with Crippen molar-refractivity contribution in [2.45, 2.75) is 52.4 Å². The average molecular weight is 384 g/mol. The van der Waals surface area contributed by atoms with E-state index in [4.69, 9.17) is 9.47 Å². The van der Waals surface area contributed by atoms with Gasteiger partial charge in [-0.2, -0.15) is 0 Å². The molecule has 0 atom stereocenters. The predicted molar refractivity (Wildman–Crippen MR) is 115 cm³/mol. The third-order valence-corrected chi connectivity index (χ3v) is 4.38. The Bertz CT molecular complexity index is 689. The zero-order valence-corrected chi connectivity index (χ0v) is 17.2. The standard InChI is InChI=1S/C24H33NO3/c1-20(2)18-25-24(26)14-12-10-8-6-4-3-5-7-9-11-13-21-15-16-22-23(17-21)28-19-27-22/h8,10-17,20H,3-7,9,18-19H2,1-2H3,(H,25,26)/b10-8+,13-11+,14-12+. The minimum absolute atomic E-state index is 0.0212. The molecule has 1 aliphatic rings. The van der Waals surface area contributed by atoms with Gasteiger partial charge in [0.2, 0.25) is 12.7 Å². The van der Waals surface area contributed by atoms with Gasteiger partial charge in [-0.1, -0.05) is 63.1 Å². The van der Waals surface area contributed by atoms with E-state index in [1.54, 1.807) is 6.08 Å². The normalized spacial score (nSPS) is 13.4. The largest absolute Gasteiger partial charge is 0.454 e. The molecule has 1 aliphatic heterocycles. The highest BCUT2D eigenvalue weighted by Gasteiger charge is 2.11. The zero-order valence-electron chi connectivity index (χ0n) is 17.2. The molecule has 0 radical (unpaired) electrons. The van der Waals surface area contributed by atoms with Gasteiger partial charge in [0.25, 0.3) is 0 Å². The lowest BCUT2D eigenvalue weighted by atomic mass is 10.1. The predicted octanol–water partition coefficient (Wildman–Crippen LogP) is 5.65. The van der Waals surface area contributed by atoms with Crippen molar-refractivity contribution in [3.8, 4) is 11.5 Å². The van der Waals surface area contributed by atoms with E-state index in [1.807, 2.05) is 24.3 Å². The van der Waals surface area contributed by atoms with Crippen LogP contribution in [0.3, 0.4) is 0 Å². The Balaban J connectivity index is 1.47. The van der Waals surface area contributed by atoms with Gasteiger partial charge in [-0.15, -0.1) is 0 Å². The van der Waals surface area contributed by atoms with Crippen LogP contribution in [-0.4, -0.2) is 19.2 Å². The van der Waals surface area contributed by atoms with Crippen molar-refractivity contribution in [1.82, 2.24) is 5.32 Å². The van der Waals surface area contributed by atoms with E-state index in [0.717, 1.165) is 36.4 Å². The Kier molecular flexibility index (Phi) is 9.98. The highest BCUT2D eigenvalue weighted by molar-refractivity contribution is 5.87. The molecule has 4 nitrogen and oxygen atoms in total. The topological polar surface area (TPSA) is 47.6 Å². The molecule has 4 heteroatoms. The summed E-state index contributed by atoms with van der Waals surface area (Å²) in [6.45, 7) is 5.21. The Hall–Kier alpha value is -2.49. The first kappa shape index (κ1) is 21.8. The van der Waals surface area contributed by atoms with Gasteiger partial charge in [0.05, 0.1) is 0 Å². The molecule has 1 heterocycles. The maximum Gasteiger partial charge on any atom is 0.243 e. The lowest BCUT2D eigenvalue weighted by Crippen LogP contribution is -2.25. The fourth-order valence-corrected chi connectivity index (χ4v) is 2.80. The van der Waals surface area contributed by atoms with Crippen LogP contribution in [0.15, 0.2) is 48.6 Å². The highest BCUT2D eigenvalue weighted by Crippen LogP contribution is 2.32. The number of rotatable bonds is 12. The fourth-order valence-electron chi connectivity index (χ4n) is 2.80. The number of amides is 1. The summed E-state index contributed by atoms with van der Waals surface area (Å²) in [4.78, 5) is 11.5. The molecule has 0 aliphatic carbocycles. The number of hydrogen-bond donors (Lipinski definition) is 1. The van der Waals surface area contributed by atoms with Gasteiger partial charge in [0.15, 0.2) is 11.5 Å². The molecule has 0 fully saturated rings. The molecule has 152 valence electrons. The lowest BCUT2D eigenvalue weighted by Gasteiger charge is -2.03. The molecular formula is C24H33NO3. The highest BCUT2D eigenvalue weighted by atomic mass is 16.7. The van der Waals surface area contributed by atoms with Gasteiger partial charge in [-0.05, 0) is 49.3 Å². The van der Waals surface area contributed by atoms with Gasteiger partial charge in [-0.3, -0.25) is 4.79 Å². The van der Waals surface area contributed by atoms with Crippen molar-refractivity contribution in [1.29, 1.82) is 0 Å². The Morgan fingerprint density at radius 1 is 1.04 bits per heavy atom. The first-order chi connectivity index (χ1) is 13.6. The van der Waals surface area contributed by atoms with Gasteiger partial charge in [0.1, 0.15) is 0 Å². The number of ether oxygens (including phenoxy) is 2. The number of hydrogen-bond acceptors (Lipinski definition) is 3. The second kappa shape index (κ2) is 12.8. The number of carbonyl (C=O) groups excluding carboxylic acids is 1.